The Kier molecular flexibility index (Phi) is 3.52. The van der Waals surface area contributed by atoms with E-state index in [4.69, 9.17) is 4.74 Å². The molecule has 1 N–H and O–H groups in total. The van der Waals surface area contributed by atoms with E-state index < -0.39 is 5.92 Å². The number of ketones is 1. The van der Waals surface area contributed by atoms with Crippen molar-refractivity contribution in [2.24, 2.45) is 17.3 Å². The third-order valence-electron chi connectivity index (χ3n) is 4.36. The van der Waals surface area contributed by atoms with E-state index in [1.807, 2.05) is 6.92 Å². The fraction of sp³-hybridized carbons (Fsp3) is 0.846. The molecule has 3 atom stereocenters. The molecule has 0 radical (unpaired) electrons. The van der Waals surface area contributed by atoms with Gasteiger partial charge in [0.1, 0.15) is 11.7 Å². The summed E-state index contributed by atoms with van der Waals surface area (Å²) in [7, 11) is 1.38. The number of rotatable bonds is 1. The van der Waals surface area contributed by atoms with Gasteiger partial charge >= 0.3 is 5.97 Å². The fourth-order valence-corrected chi connectivity index (χ4v) is 3.54. The van der Waals surface area contributed by atoms with Crippen molar-refractivity contribution in [3.05, 3.63) is 0 Å². The summed E-state index contributed by atoms with van der Waals surface area (Å²) in [4.78, 5) is 24.1. The Hall–Kier alpha value is -0.900. The maximum atomic E-state index is 12.2. The number of carbonyl (C=O) groups is 2. The molecule has 2 fully saturated rings. The predicted molar refractivity (Wildman–Crippen MR) is 63.4 cm³/mol. The normalized spacial score (nSPS) is 38.1. The molecule has 1 spiro atoms. The number of Topliss-reactive ketones (excluding diaryl/α,β-unsaturated/α-hetero) is 1. The average molecular weight is 239 g/mol. The lowest BCUT2D eigenvalue weighted by Crippen LogP contribution is -2.36. The van der Waals surface area contributed by atoms with Crippen LogP contribution in [0.3, 0.4) is 0 Å². The van der Waals surface area contributed by atoms with Crippen LogP contribution in [0.1, 0.15) is 32.6 Å². The third kappa shape index (κ3) is 2.10. The number of methoxy groups -OCH3 is 1. The largest absolute Gasteiger partial charge is 0.468 e. The number of nitrogens with one attached hydrogen (secondary N) is 1. The van der Waals surface area contributed by atoms with Gasteiger partial charge in [-0.05, 0) is 44.2 Å². The molecule has 1 aliphatic heterocycles. The molecule has 1 saturated heterocycles. The van der Waals surface area contributed by atoms with Gasteiger partial charge in [-0.15, -0.1) is 0 Å². The molecule has 1 heterocycles. The van der Waals surface area contributed by atoms with Crippen LogP contribution in [-0.2, 0) is 14.3 Å². The lowest BCUT2D eigenvalue weighted by atomic mass is 9.72. The first-order valence-electron chi connectivity index (χ1n) is 6.43. The summed E-state index contributed by atoms with van der Waals surface area (Å²) < 4.78 is 4.84. The van der Waals surface area contributed by atoms with Gasteiger partial charge < -0.3 is 10.1 Å². The highest BCUT2D eigenvalue weighted by molar-refractivity contribution is 6.02. The van der Waals surface area contributed by atoms with Crippen molar-refractivity contribution in [1.29, 1.82) is 0 Å². The van der Waals surface area contributed by atoms with Crippen molar-refractivity contribution in [3.63, 3.8) is 0 Å². The van der Waals surface area contributed by atoms with Crippen molar-refractivity contribution < 1.29 is 14.3 Å². The van der Waals surface area contributed by atoms with Gasteiger partial charge in [-0.3, -0.25) is 9.59 Å². The Morgan fingerprint density at radius 1 is 1.41 bits per heavy atom. The van der Waals surface area contributed by atoms with Gasteiger partial charge in [0.05, 0.1) is 7.11 Å². The SMILES string of the molecule is COC(=O)C1C(=O)C(C)CC12CCCNCC2. The highest BCUT2D eigenvalue weighted by atomic mass is 16.5. The summed E-state index contributed by atoms with van der Waals surface area (Å²) >= 11 is 0. The standard InChI is InChI=1S/C13H21NO3/c1-9-8-13(4-3-6-14-7-5-13)10(11(9)15)12(16)17-2/h9-10,14H,3-8H2,1-2H3. The van der Waals surface area contributed by atoms with Crippen molar-refractivity contribution in [2.45, 2.75) is 32.6 Å². The van der Waals surface area contributed by atoms with Crippen LogP contribution in [-0.4, -0.2) is 32.0 Å². The molecule has 17 heavy (non-hydrogen) atoms. The van der Waals surface area contributed by atoms with E-state index in [1.165, 1.54) is 7.11 Å². The van der Waals surface area contributed by atoms with Crippen molar-refractivity contribution >= 4 is 11.8 Å². The third-order valence-corrected chi connectivity index (χ3v) is 4.36. The minimum atomic E-state index is -0.526. The first kappa shape index (κ1) is 12.6. The molecule has 1 saturated carbocycles. The molecule has 0 aromatic rings. The van der Waals surface area contributed by atoms with E-state index in [0.717, 1.165) is 38.8 Å². The number of esters is 1. The van der Waals surface area contributed by atoms with E-state index in [-0.39, 0.29) is 23.1 Å². The van der Waals surface area contributed by atoms with Gasteiger partial charge in [0.2, 0.25) is 0 Å². The molecule has 0 amide bonds. The van der Waals surface area contributed by atoms with E-state index in [0.29, 0.717) is 0 Å². The van der Waals surface area contributed by atoms with E-state index in [9.17, 15) is 9.59 Å². The summed E-state index contributed by atoms with van der Waals surface area (Å²) in [6.07, 6.45) is 3.74. The number of hydrogen-bond donors (Lipinski definition) is 1. The molecule has 3 unspecified atom stereocenters. The van der Waals surface area contributed by atoms with Crippen molar-refractivity contribution in [3.8, 4) is 0 Å². The van der Waals surface area contributed by atoms with Gasteiger partial charge in [-0.25, -0.2) is 0 Å². The summed E-state index contributed by atoms with van der Waals surface area (Å²) in [6.45, 7) is 3.82. The number of hydrogen-bond acceptors (Lipinski definition) is 4. The summed E-state index contributed by atoms with van der Waals surface area (Å²) in [5, 5.41) is 3.34. The Morgan fingerprint density at radius 3 is 2.88 bits per heavy atom. The molecule has 4 heteroatoms. The molecular formula is C13H21NO3. The Bertz CT molecular complexity index is 319. The fourth-order valence-electron chi connectivity index (χ4n) is 3.54. The highest BCUT2D eigenvalue weighted by Crippen LogP contribution is 2.50. The zero-order chi connectivity index (χ0) is 12.5. The molecule has 2 aliphatic rings. The molecule has 0 bridgehead atoms. The topological polar surface area (TPSA) is 55.4 Å². The minimum absolute atomic E-state index is 0.00259. The van der Waals surface area contributed by atoms with Crippen LogP contribution in [0, 0.1) is 17.3 Å². The lowest BCUT2D eigenvalue weighted by molar-refractivity contribution is -0.153. The highest BCUT2D eigenvalue weighted by Gasteiger charge is 2.55. The number of ether oxygens (including phenoxy) is 1. The zero-order valence-electron chi connectivity index (χ0n) is 10.6. The van der Waals surface area contributed by atoms with E-state index >= 15 is 0 Å². The molecule has 2 rings (SSSR count). The molecule has 0 aromatic carbocycles. The molecule has 1 aliphatic carbocycles. The van der Waals surface area contributed by atoms with Gasteiger partial charge in [0.25, 0.3) is 0 Å². The molecule has 0 aromatic heterocycles. The first-order valence-corrected chi connectivity index (χ1v) is 6.43. The van der Waals surface area contributed by atoms with Gasteiger partial charge in [-0.2, -0.15) is 0 Å². The molecular weight excluding hydrogens is 218 g/mol. The molecule has 4 nitrogen and oxygen atoms in total. The summed E-state index contributed by atoms with van der Waals surface area (Å²) in [5.74, 6) is -0.778. The maximum Gasteiger partial charge on any atom is 0.316 e. The average Bonchev–Trinajstić information content (AvgIpc) is 2.48. The van der Waals surface area contributed by atoms with E-state index in [1.54, 1.807) is 0 Å². The van der Waals surface area contributed by atoms with Crippen LogP contribution >= 0.6 is 0 Å². The predicted octanol–water partition coefficient (Wildman–Crippen LogP) is 1.14. The first-order chi connectivity index (χ1) is 8.10. The van der Waals surface area contributed by atoms with Gasteiger partial charge in [0, 0.05) is 5.92 Å². The quantitative estimate of drug-likeness (QED) is 0.551. The minimum Gasteiger partial charge on any atom is -0.468 e. The molecule has 96 valence electrons. The summed E-state index contributed by atoms with van der Waals surface area (Å²) in [6, 6.07) is 0. The van der Waals surface area contributed by atoms with Crippen LogP contribution in [0.4, 0.5) is 0 Å². The van der Waals surface area contributed by atoms with Crippen molar-refractivity contribution in [1.82, 2.24) is 5.32 Å². The second kappa shape index (κ2) is 4.77. The van der Waals surface area contributed by atoms with Gasteiger partial charge in [-0.1, -0.05) is 6.92 Å². The summed E-state index contributed by atoms with van der Waals surface area (Å²) in [5.41, 5.74) is -0.146. The Morgan fingerprint density at radius 2 is 2.18 bits per heavy atom. The zero-order valence-corrected chi connectivity index (χ0v) is 10.6. The Labute approximate surface area is 102 Å². The lowest BCUT2D eigenvalue weighted by Gasteiger charge is -2.31. The second-order valence-electron chi connectivity index (χ2n) is 5.43. The van der Waals surface area contributed by atoms with Crippen LogP contribution in [0.25, 0.3) is 0 Å². The van der Waals surface area contributed by atoms with Crippen molar-refractivity contribution in [2.75, 3.05) is 20.2 Å². The Balaban J connectivity index is 2.29. The smallest absolute Gasteiger partial charge is 0.316 e. The van der Waals surface area contributed by atoms with Crippen LogP contribution in [0.2, 0.25) is 0 Å². The van der Waals surface area contributed by atoms with Crippen LogP contribution in [0.5, 0.6) is 0 Å². The monoisotopic (exact) mass is 239 g/mol. The number of carbonyl (C=O) groups excluding carboxylic acids is 2. The second-order valence-corrected chi connectivity index (χ2v) is 5.43. The van der Waals surface area contributed by atoms with Crippen LogP contribution < -0.4 is 5.32 Å². The maximum absolute atomic E-state index is 12.2. The van der Waals surface area contributed by atoms with Crippen LogP contribution in [0.15, 0.2) is 0 Å². The van der Waals surface area contributed by atoms with Gasteiger partial charge in [0.15, 0.2) is 0 Å². The van der Waals surface area contributed by atoms with E-state index in [2.05, 4.69) is 5.32 Å².